The van der Waals surface area contributed by atoms with Gasteiger partial charge in [-0.05, 0) is 86.3 Å². The zero-order valence-electron chi connectivity index (χ0n) is 10.2. The van der Waals surface area contributed by atoms with Crippen molar-refractivity contribution >= 4 is 67.8 Å². The first-order valence-electron chi connectivity index (χ1n) is 5.87. The Labute approximate surface area is 149 Å². The number of aliphatic hydroxyl groups excluding tert-OH is 1. The van der Waals surface area contributed by atoms with E-state index in [2.05, 4.69) is 93.8 Å². The summed E-state index contributed by atoms with van der Waals surface area (Å²) in [6.45, 7) is 4.22. The van der Waals surface area contributed by atoms with Crippen molar-refractivity contribution < 1.29 is 9.84 Å². The molecule has 0 aliphatic heterocycles. The van der Waals surface area contributed by atoms with Crippen LogP contribution in [0, 0.1) is 16.1 Å². The van der Waals surface area contributed by atoms with Crippen molar-refractivity contribution in [2.45, 2.75) is 38.9 Å². The van der Waals surface area contributed by atoms with Crippen LogP contribution in [-0.2, 0) is 0 Å². The van der Waals surface area contributed by atoms with E-state index in [0.717, 1.165) is 25.7 Å². The molecule has 0 bridgehead atoms. The maximum atomic E-state index is 9.91. The van der Waals surface area contributed by atoms with Crippen LogP contribution < -0.4 is 4.74 Å². The molecule has 100 valence electrons. The monoisotopic (exact) mass is 584 g/mol. The van der Waals surface area contributed by atoms with Crippen LogP contribution in [0.5, 0.6) is 5.75 Å². The van der Waals surface area contributed by atoms with E-state index in [1.807, 2.05) is 0 Å². The highest BCUT2D eigenvalue weighted by Crippen LogP contribution is 2.47. The number of halogens is 3. The molecule has 0 radical (unpaired) electrons. The summed E-state index contributed by atoms with van der Waals surface area (Å²) >= 11 is 6.95. The largest absolute Gasteiger partial charge is 0.487 e. The van der Waals surface area contributed by atoms with Crippen LogP contribution in [0.4, 0.5) is 0 Å². The van der Waals surface area contributed by atoms with E-state index in [1.165, 1.54) is 3.57 Å². The first-order valence-corrected chi connectivity index (χ1v) is 9.11. The smallest absolute Gasteiger partial charge is 0.146 e. The highest BCUT2D eigenvalue weighted by molar-refractivity contribution is 14.1. The van der Waals surface area contributed by atoms with Crippen LogP contribution in [0.1, 0.15) is 26.7 Å². The molecule has 1 aliphatic rings. The van der Waals surface area contributed by atoms with Gasteiger partial charge >= 0.3 is 0 Å². The summed E-state index contributed by atoms with van der Waals surface area (Å²) < 4.78 is 9.67. The van der Waals surface area contributed by atoms with Gasteiger partial charge in [-0.1, -0.05) is 13.8 Å². The van der Waals surface area contributed by atoms with Crippen LogP contribution in [-0.4, -0.2) is 17.3 Å². The van der Waals surface area contributed by atoms with Gasteiger partial charge in [0.2, 0.25) is 0 Å². The van der Waals surface area contributed by atoms with Crippen molar-refractivity contribution in [3.63, 3.8) is 0 Å². The Kier molecular flexibility index (Phi) is 5.09. The van der Waals surface area contributed by atoms with Gasteiger partial charge in [-0.25, -0.2) is 0 Å². The normalized spacial score (nSPS) is 31.0. The average Bonchev–Trinajstić information content (AvgIpc) is 2.30. The van der Waals surface area contributed by atoms with E-state index in [1.54, 1.807) is 0 Å². The lowest BCUT2D eigenvalue weighted by molar-refractivity contribution is -0.147. The Balaban J connectivity index is 2.21. The maximum Gasteiger partial charge on any atom is 0.146 e. The number of hydrogen-bond donors (Lipinski definition) is 1. The van der Waals surface area contributed by atoms with Gasteiger partial charge in [0.15, 0.2) is 0 Å². The molecule has 3 atom stereocenters. The number of hydrogen-bond acceptors (Lipinski definition) is 2. The number of benzene rings is 1. The standard InChI is InChI=1S/C13H15I3O2/c1-3-13(2)10(17)6-11(13)18-12-8(15)4-7(14)5-9(12)16/h4-5,10-11,17H,3,6H2,1-2H3. The third kappa shape index (κ3) is 2.78. The third-order valence-corrected chi connectivity index (χ3v) is 6.14. The van der Waals surface area contributed by atoms with Crippen molar-refractivity contribution in [2.24, 2.45) is 5.41 Å². The first-order chi connectivity index (χ1) is 8.38. The highest BCUT2D eigenvalue weighted by atomic mass is 127. The Morgan fingerprint density at radius 1 is 1.33 bits per heavy atom. The molecule has 0 saturated heterocycles. The second-order valence-corrected chi connectivity index (χ2v) is 8.49. The molecule has 1 saturated carbocycles. The molecule has 2 rings (SSSR count). The summed E-state index contributed by atoms with van der Waals surface area (Å²) in [5, 5.41) is 9.91. The van der Waals surface area contributed by atoms with Gasteiger partial charge in [-0.15, -0.1) is 0 Å². The van der Waals surface area contributed by atoms with E-state index >= 15 is 0 Å². The molecular formula is C13H15I3O2. The molecular weight excluding hydrogens is 569 g/mol. The molecule has 3 unspecified atom stereocenters. The van der Waals surface area contributed by atoms with Crippen LogP contribution >= 0.6 is 67.8 Å². The Hall–Kier alpha value is 1.17. The lowest BCUT2D eigenvalue weighted by Gasteiger charge is -2.50. The highest BCUT2D eigenvalue weighted by Gasteiger charge is 2.51. The minimum Gasteiger partial charge on any atom is -0.487 e. The van der Waals surface area contributed by atoms with Crippen molar-refractivity contribution in [1.82, 2.24) is 0 Å². The minimum atomic E-state index is -0.230. The molecule has 1 N–H and O–H groups in total. The van der Waals surface area contributed by atoms with E-state index in [-0.39, 0.29) is 17.6 Å². The fourth-order valence-electron chi connectivity index (χ4n) is 2.23. The van der Waals surface area contributed by atoms with Crippen LogP contribution in [0.15, 0.2) is 12.1 Å². The molecule has 0 heterocycles. The SMILES string of the molecule is CCC1(C)C(O)CC1Oc1c(I)cc(I)cc1I. The van der Waals surface area contributed by atoms with Gasteiger partial charge in [0.05, 0.1) is 13.2 Å². The van der Waals surface area contributed by atoms with Crippen molar-refractivity contribution in [1.29, 1.82) is 0 Å². The second kappa shape index (κ2) is 5.88. The summed E-state index contributed by atoms with van der Waals surface area (Å²) in [7, 11) is 0. The second-order valence-electron chi connectivity index (χ2n) is 4.92. The van der Waals surface area contributed by atoms with Crippen LogP contribution in [0.25, 0.3) is 0 Å². The fraction of sp³-hybridized carbons (Fsp3) is 0.538. The zero-order valence-corrected chi connectivity index (χ0v) is 16.7. The summed E-state index contributed by atoms with van der Waals surface area (Å²) in [5.74, 6) is 0.966. The van der Waals surface area contributed by atoms with E-state index in [4.69, 9.17) is 4.74 Å². The van der Waals surface area contributed by atoms with Gasteiger partial charge in [-0.3, -0.25) is 0 Å². The molecule has 0 amide bonds. The van der Waals surface area contributed by atoms with Gasteiger partial charge in [0.25, 0.3) is 0 Å². The molecule has 5 heteroatoms. The zero-order chi connectivity index (χ0) is 13.5. The molecule has 1 fully saturated rings. The van der Waals surface area contributed by atoms with Crippen molar-refractivity contribution in [3.8, 4) is 5.75 Å². The molecule has 2 nitrogen and oxygen atoms in total. The summed E-state index contributed by atoms with van der Waals surface area (Å²) in [6.07, 6.45) is 1.57. The fourth-order valence-corrected chi connectivity index (χ4v) is 6.06. The van der Waals surface area contributed by atoms with Crippen molar-refractivity contribution in [2.75, 3.05) is 0 Å². The number of ether oxygens (including phenoxy) is 1. The average molecular weight is 584 g/mol. The van der Waals surface area contributed by atoms with Crippen LogP contribution in [0.2, 0.25) is 0 Å². The Morgan fingerprint density at radius 2 is 1.89 bits per heavy atom. The Morgan fingerprint density at radius 3 is 2.33 bits per heavy atom. The topological polar surface area (TPSA) is 29.5 Å². The predicted molar refractivity (Wildman–Crippen MR) is 98.0 cm³/mol. The Bertz CT molecular complexity index is 441. The summed E-state index contributed by atoms with van der Waals surface area (Å²) in [4.78, 5) is 0. The quantitative estimate of drug-likeness (QED) is 0.534. The lowest BCUT2D eigenvalue weighted by Crippen LogP contribution is -2.57. The number of rotatable bonds is 3. The van der Waals surface area contributed by atoms with E-state index in [9.17, 15) is 5.11 Å². The van der Waals surface area contributed by atoms with Gasteiger partial charge < -0.3 is 9.84 Å². The van der Waals surface area contributed by atoms with Crippen LogP contribution in [0.3, 0.4) is 0 Å². The summed E-state index contributed by atoms with van der Waals surface area (Å²) in [6, 6.07) is 4.24. The maximum absolute atomic E-state index is 9.91. The van der Waals surface area contributed by atoms with Gasteiger partial charge in [-0.2, -0.15) is 0 Å². The predicted octanol–water partition coefficient (Wildman–Crippen LogP) is 4.43. The number of aliphatic hydroxyl groups is 1. The van der Waals surface area contributed by atoms with Gasteiger partial charge in [0, 0.05) is 15.4 Å². The van der Waals surface area contributed by atoms with Gasteiger partial charge in [0.1, 0.15) is 11.9 Å². The van der Waals surface area contributed by atoms with E-state index < -0.39 is 0 Å². The molecule has 1 aliphatic carbocycles. The molecule has 1 aromatic rings. The first kappa shape index (κ1) is 15.6. The van der Waals surface area contributed by atoms with Crippen molar-refractivity contribution in [3.05, 3.63) is 22.8 Å². The minimum absolute atomic E-state index is 0.102. The molecule has 18 heavy (non-hydrogen) atoms. The molecule has 0 aromatic heterocycles. The lowest BCUT2D eigenvalue weighted by atomic mass is 9.63. The summed E-state index contributed by atoms with van der Waals surface area (Å²) in [5.41, 5.74) is -0.102. The van der Waals surface area contributed by atoms with E-state index in [0.29, 0.717) is 0 Å². The molecule has 1 aromatic carbocycles. The third-order valence-electron chi connectivity index (χ3n) is 3.92. The molecule has 0 spiro atoms.